The molecule has 3 atom stereocenters. The van der Waals surface area contributed by atoms with E-state index in [4.69, 9.17) is 15.9 Å². The number of aryl methyl sites for hydroxylation is 2. The molecule has 1 saturated heterocycles. The van der Waals surface area contributed by atoms with Gasteiger partial charge < -0.3 is 19.7 Å². The quantitative estimate of drug-likeness (QED) is 0.598. The molecule has 0 radical (unpaired) electrons. The zero-order valence-corrected chi connectivity index (χ0v) is 16.2. The minimum Gasteiger partial charge on any atom is -0.478 e. The summed E-state index contributed by atoms with van der Waals surface area (Å²) in [7, 11) is 0. The summed E-state index contributed by atoms with van der Waals surface area (Å²) in [6.07, 6.45) is 4.64. The number of hydrogen-bond donors (Lipinski definition) is 2. The van der Waals surface area contributed by atoms with E-state index in [0.29, 0.717) is 11.1 Å². The largest absolute Gasteiger partial charge is 0.478 e. The molecule has 2 aromatic carbocycles. The van der Waals surface area contributed by atoms with Crippen molar-refractivity contribution in [2.45, 2.75) is 38.1 Å². The predicted octanol–water partition coefficient (Wildman–Crippen LogP) is 3.05. The minimum atomic E-state index is -1.47. The maximum Gasteiger partial charge on any atom is 0.338 e. The zero-order valence-electron chi connectivity index (χ0n) is 16.2. The van der Waals surface area contributed by atoms with Crippen LogP contribution in [0.15, 0.2) is 42.5 Å². The molecule has 3 unspecified atom stereocenters. The maximum absolute atomic E-state index is 12.4. The van der Waals surface area contributed by atoms with E-state index >= 15 is 0 Å². The number of aliphatic hydroxyl groups is 1. The minimum absolute atomic E-state index is 0.0720. The molecule has 2 N–H and O–H groups in total. The van der Waals surface area contributed by atoms with E-state index in [0.717, 1.165) is 11.1 Å². The normalized spacial score (nSPS) is 23.4. The van der Waals surface area contributed by atoms with E-state index in [1.807, 2.05) is 13.8 Å². The Kier molecular flexibility index (Phi) is 5.73. The second-order valence-corrected chi connectivity index (χ2v) is 7.23. The number of aromatic carboxylic acids is 1. The first-order chi connectivity index (χ1) is 13.8. The van der Waals surface area contributed by atoms with E-state index in [1.54, 1.807) is 36.4 Å². The molecule has 0 saturated carbocycles. The highest BCUT2D eigenvalue weighted by Crippen LogP contribution is 2.44. The van der Waals surface area contributed by atoms with Crippen LogP contribution < -0.4 is 0 Å². The Labute approximate surface area is 169 Å². The summed E-state index contributed by atoms with van der Waals surface area (Å²) in [5.41, 5.74) is 1.25. The molecule has 0 bridgehead atoms. The Morgan fingerprint density at radius 1 is 1.21 bits per heavy atom. The van der Waals surface area contributed by atoms with Crippen LogP contribution in [0.3, 0.4) is 0 Å². The van der Waals surface area contributed by atoms with Gasteiger partial charge in [0.2, 0.25) is 0 Å². The molecule has 1 aliphatic heterocycles. The highest BCUT2D eigenvalue weighted by Gasteiger charge is 2.50. The van der Waals surface area contributed by atoms with Crippen molar-refractivity contribution >= 4 is 11.9 Å². The summed E-state index contributed by atoms with van der Waals surface area (Å²) in [6, 6.07) is 11.8. The van der Waals surface area contributed by atoms with E-state index in [1.165, 1.54) is 6.07 Å². The second-order valence-electron chi connectivity index (χ2n) is 7.23. The summed E-state index contributed by atoms with van der Waals surface area (Å²) in [4.78, 5) is 24.1. The Hall–Kier alpha value is -3.14. The molecule has 1 heterocycles. The lowest BCUT2D eigenvalue weighted by Crippen LogP contribution is -2.39. The van der Waals surface area contributed by atoms with Crippen molar-refractivity contribution in [2.24, 2.45) is 0 Å². The monoisotopic (exact) mass is 394 g/mol. The van der Waals surface area contributed by atoms with Gasteiger partial charge in [-0.15, -0.1) is 6.42 Å². The molecule has 150 valence electrons. The van der Waals surface area contributed by atoms with Crippen molar-refractivity contribution in [1.82, 2.24) is 0 Å². The van der Waals surface area contributed by atoms with Gasteiger partial charge in [-0.05, 0) is 37.6 Å². The van der Waals surface area contributed by atoms with Crippen LogP contribution in [-0.4, -0.2) is 40.6 Å². The van der Waals surface area contributed by atoms with E-state index in [2.05, 4.69) is 5.92 Å². The second kappa shape index (κ2) is 8.08. The molecular formula is C23H22O6. The summed E-state index contributed by atoms with van der Waals surface area (Å²) in [6.45, 7) is 3.42. The van der Waals surface area contributed by atoms with Gasteiger partial charge in [0.1, 0.15) is 6.61 Å². The van der Waals surface area contributed by atoms with Crippen LogP contribution in [0.2, 0.25) is 0 Å². The van der Waals surface area contributed by atoms with Crippen LogP contribution in [0.1, 0.15) is 49.7 Å². The van der Waals surface area contributed by atoms with E-state index in [-0.39, 0.29) is 18.6 Å². The number of carboxylic acids is 1. The third kappa shape index (κ3) is 4.16. The van der Waals surface area contributed by atoms with Crippen molar-refractivity contribution in [3.63, 3.8) is 0 Å². The van der Waals surface area contributed by atoms with Crippen molar-refractivity contribution < 1.29 is 29.3 Å². The molecule has 29 heavy (non-hydrogen) atoms. The fraction of sp³-hybridized carbons (Fsp3) is 0.304. The molecule has 3 rings (SSSR count). The number of esters is 1. The zero-order chi connectivity index (χ0) is 21.2. The Balaban J connectivity index is 1.91. The average molecular weight is 394 g/mol. The molecule has 1 aliphatic rings. The highest BCUT2D eigenvalue weighted by molar-refractivity contribution is 5.90. The lowest BCUT2D eigenvalue weighted by molar-refractivity contribution is -0.131. The third-order valence-electron chi connectivity index (χ3n) is 5.11. The molecule has 0 aromatic heterocycles. The van der Waals surface area contributed by atoms with Gasteiger partial charge >= 0.3 is 11.9 Å². The molecule has 0 aliphatic carbocycles. The van der Waals surface area contributed by atoms with Gasteiger partial charge in [-0.2, -0.15) is 0 Å². The van der Waals surface area contributed by atoms with Crippen molar-refractivity contribution in [2.75, 3.05) is 6.61 Å². The molecule has 0 spiro atoms. The van der Waals surface area contributed by atoms with Crippen LogP contribution in [0.4, 0.5) is 0 Å². The van der Waals surface area contributed by atoms with Crippen molar-refractivity contribution in [3.05, 3.63) is 70.3 Å². The maximum atomic E-state index is 12.4. The SMILES string of the molecule is C#CC1(COC(=O)c2ccc(C)cc2)OC(O)CC1c1cc(C)ccc1C(=O)O. The molecule has 6 nitrogen and oxygen atoms in total. The predicted molar refractivity (Wildman–Crippen MR) is 106 cm³/mol. The van der Waals surface area contributed by atoms with Gasteiger partial charge in [0.25, 0.3) is 0 Å². The number of benzene rings is 2. The molecule has 2 aromatic rings. The Morgan fingerprint density at radius 2 is 1.86 bits per heavy atom. The van der Waals surface area contributed by atoms with Crippen LogP contribution in [0.25, 0.3) is 0 Å². The van der Waals surface area contributed by atoms with Gasteiger partial charge in [0.15, 0.2) is 11.9 Å². The van der Waals surface area contributed by atoms with Crippen LogP contribution >= 0.6 is 0 Å². The fourth-order valence-corrected chi connectivity index (χ4v) is 3.57. The number of carboxylic acid groups (broad SMARTS) is 1. The van der Waals surface area contributed by atoms with Gasteiger partial charge in [0.05, 0.1) is 11.1 Å². The molecule has 6 heteroatoms. The topological polar surface area (TPSA) is 93.1 Å². The summed E-state index contributed by atoms with van der Waals surface area (Å²) in [5.74, 6) is 0.167. The summed E-state index contributed by atoms with van der Waals surface area (Å²) in [5, 5.41) is 19.7. The first kappa shape index (κ1) is 20.6. The lowest BCUT2D eigenvalue weighted by Gasteiger charge is -2.29. The first-order valence-electron chi connectivity index (χ1n) is 9.17. The number of rotatable bonds is 5. The van der Waals surface area contributed by atoms with E-state index in [9.17, 15) is 19.8 Å². The Morgan fingerprint density at radius 3 is 2.48 bits per heavy atom. The fourth-order valence-electron chi connectivity index (χ4n) is 3.57. The molecular weight excluding hydrogens is 372 g/mol. The van der Waals surface area contributed by atoms with Gasteiger partial charge in [-0.1, -0.05) is 41.3 Å². The van der Waals surface area contributed by atoms with Crippen molar-refractivity contribution in [1.29, 1.82) is 0 Å². The van der Waals surface area contributed by atoms with Crippen molar-refractivity contribution in [3.8, 4) is 12.3 Å². The van der Waals surface area contributed by atoms with Gasteiger partial charge in [0, 0.05) is 12.3 Å². The third-order valence-corrected chi connectivity index (χ3v) is 5.11. The van der Waals surface area contributed by atoms with Crippen LogP contribution in [-0.2, 0) is 9.47 Å². The smallest absolute Gasteiger partial charge is 0.338 e. The van der Waals surface area contributed by atoms with E-state index < -0.39 is 29.7 Å². The molecule has 1 fully saturated rings. The Bertz CT molecular complexity index is 972. The van der Waals surface area contributed by atoms with Gasteiger partial charge in [-0.3, -0.25) is 0 Å². The van der Waals surface area contributed by atoms with Crippen LogP contribution in [0, 0.1) is 26.2 Å². The number of ether oxygens (including phenoxy) is 2. The highest BCUT2D eigenvalue weighted by atomic mass is 16.6. The van der Waals surface area contributed by atoms with Crippen LogP contribution in [0.5, 0.6) is 0 Å². The molecule has 0 amide bonds. The number of terminal acetylenes is 1. The summed E-state index contributed by atoms with van der Waals surface area (Å²) >= 11 is 0. The number of carbonyl (C=O) groups is 2. The number of carbonyl (C=O) groups excluding carboxylic acids is 1. The van der Waals surface area contributed by atoms with Gasteiger partial charge in [-0.25, -0.2) is 9.59 Å². The lowest BCUT2D eigenvalue weighted by atomic mass is 9.80. The first-order valence-corrected chi connectivity index (χ1v) is 9.17. The summed E-state index contributed by atoms with van der Waals surface area (Å²) < 4.78 is 11.0. The average Bonchev–Trinajstić information content (AvgIpc) is 3.03. The number of aliphatic hydroxyl groups excluding tert-OH is 1. The standard InChI is InChI=1S/C23H22O6/c1-4-23(13-28-22(27)16-8-5-14(2)6-9-16)19(12-20(24)29-23)18-11-15(3)7-10-17(18)21(25)26/h1,5-11,19-20,24H,12-13H2,2-3H3,(H,25,26). The number of hydrogen-bond acceptors (Lipinski definition) is 5.